The Bertz CT molecular complexity index is 387. The summed E-state index contributed by atoms with van der Waals surface area (Å²) in [5, 5.41) is 2.69. The molecule has 0 saturated heterocycles. The van der Waals surface area contributed by atoms with E-state index in [1.165, 1.54) is 0 Å². The van der Waals surface area contributed by atoms with Gasteiger partial charge in [-0.3, -0.25) is 4.79 Å². The Balaban J connectivity index is 3.00. The van der Waals surface area contributed by atoms with Crippen molar-refractivity contribution >= 4 is 11.6 Å². The zero-order valence-corrected chi connectivity index (χ0v) is 11.6. The van der Waals surface area contributed by atoms with Gasteiger partial charge in [-0.05, 0) is 38.5 Å². The molecule has 0 aromatic heterocycles. The van der Waals surface area contributed by atoms with Gasteiger partial charge in [0.05, 0.1) is 0 Å². The maximum absolute atomic E-state index is 11.8. The molecule has 0 saturated carbocycles. The standard InChI is InChI=1S/C14H23N3O/c1-10(2)17(11(3)14(18)16-4)13-7-5-12(9-15)6-8-13/h5-8,10-11H,9,15H2,1-4H3,(H,16,18). The summed E-state index contributed by atoms with van der Waals surface area (Å²) in [6.07, 6.45) is 0. The van der Waals surface area contributed by atoms with Gasteiger partial charge in [-0.1, -0.05) is 12.1 Å². The second kappa shape index (κ2) is 6.40. The van der Waals surface area contributed by atoms with Crippen molar-refractivity contribution in [1.29, 1.82) is 0 Å². The molecule has 4 heteroatoms. The second-order valence-corrected chi connectivity index (χ2v) is 4.66. The SMILES string of the molecule is CNC(=O)C(C)N(c1ccc(CN)cc1)C(C)C. The number of amides is 1. The maximum Gasteiger partial charge on any atom is 0.242 e. The number of benzene rings is 1. The molecule has 3 N–H and O–H groups in total. The van der Waals surface area contributed by atoms with Gasteiger partial charge in [0.2, 0.25) is 5.91 Å². The molecule has 100 valence electrons. The highest BCUT2D eigenvalue weighted by molar-refractivity contribution is 5.84. The van der Waals surface area contributed by atoms with Crippen LogP contribution in [-0.4, -0.2) is 25.0 Å². The number of likely N-dealkylation sites (N-methyl/N-ethyl adjacent to an activating group) is 1. The van der Waals surface area contributed by atoms with Crippen molar-refractivity contribution in [1.82, 2.24) is 5.32 Å². The largest absolute Gasteiger partial charge is 0.357 e. The average Bonchev–Trinajstić information content (AvgIpc) is 2.38. The molecule has 0 spiro atoms. The fraction of sp³-hybridized carbons (Fsp3) is 0.500. The van der Waals surface area contributed by atoms with Gasteiger partial charge in [0, 0.05) is 25.3 Å². The molecule has 1 rings (SSSR count). The molecule has 0 radical (unpaired) electrons. The van der Waals surface area contributed by atoms with Crippen LogP contribution in [0.3, 0.4) is 0 Å². The third-order valence-electron chi connectivity index (χ3n) is 3.07. The number of anilines is 1. The first-order valence-corrected chi connectivity index (χ1v) is 6.30. The van der Waals surface area contributed by atoms with E-state index in [4.69, 9.17) is 5.73 Å². The first-order valence-electron chi connectivity index (χ1n) is 6.30. The number of hydrogen-bond acceptors (Lipinski definition) is 3. The Morgan fingerprint density at radius 2 is 1.83 bits per heavy atom. The number of nitrogens with two attached hydrogens (primary N) is 1. The number of carbonyl (C=O) groups excluding carboxylic acids is 1. The van der Waals surface area contributed by atoms with Gasteiger partial charge in [0.15, 0.2) is 0 Å². The van der Waals surface area contributed by atoms with Crippen molar-refractivity contribution in [3.8, 4) is 0 Å². The van der Waals surface area contributed by atoms with Crippen LogP contribution in [0.25, 0.3) is 0 Å². The molecular weight excluding hydrogens is 226 g/mol. The third kappa shape index (κ3) is 3.23. The monoisotopic (exact) mass is 249 g/mol. The lowest BCUT2D eigenvalue weighted by atomic mass is 10.1. The smallest absolute Gasteiger partial charge is 0.242 e. The van der Waals surface area contributed by atoms with Crippen LogP contribution in [0.1, 0.15) is 26.3 Å². The maximum atomic E-state index is 11.8. The molecule has 0 fully saturated rings. The molecule has 4 nitrogen and oxygen atoms in total. The fourth-order valence-corrected chi connectivity index (χ4v) is 2.11. The summed E-state index contributed by atoms with van der Waals surface area (Å²) in [6.45, 7) is 6.61. The fourth-order valence-electron chi connectivity index (χ4n) is 2.11. The number of carbonyl (C=O) groups is 1. The van der Waals surface area contributed by atoms with Crippen LogP contribution < -0.4 is 16.0 Å². The molecule has 0 aliphatic heterocycles. The lowest BCUT2D eigenvalue weighted by Gasteiger charge is -2.34. The van der Waals surface area contributed by atoms with Gasteiger partial charge in [-0.2, -0.15) is 0 Å². The molecule has 18 heavy (non-hydrogen) atoms. The lowest BCUT2D eigenvalue weighted by Crippen LogP contribution is -2.47. The summed E-state index contributed by atoms with van der Waals surface area (Å²) in [5.74, 6) is 0.0200. The van der Waals surface area contributed by atoms with Crippen LogP contribution in [0.4, 0.5) is 5.69 Å². The Kier molecular flexibility index (Phi) is 5.16. The Morgan fingerprint density at radius 1 is 1.28 bits per heavy atom. The van der Waals surface area contributed by atoms with Gasteiger partial charge < -0.3 is 16.0 Å². The number of rotatable bonds is 5. The van der Waals surface area contributed by atoms with E-state index in [1.807, 2.05) is 31.2 Å². The Hall–Kier alpha value is -1.55. The summed E-state index contributed by atoms with van der Waals surface area (Å²) < 4.78 is 0. The van der Waals surface area contributed by atoms with E-state index in [-0.39, 0.29) is 18.0 Å². The zero-order valence-electron chi connectivity index (χ0n) is 11.6. The first kappa shape index (κ1) is 14.5. The normalized spacial score (nSPS) is 12.3. The van der Waals surface area contributed by atoms with Gasteiger partial charge in [-0.25, -0.2) is 0 Å². The molecule has 0 aliphatic rings. The van der Waals surface area contributed by atoms with E-state index in [0.717, 1.165) is 11.3 Å². The van der Waals surface area contributed by atoms with Crippen LogP contribution in [0.15, 0.2) is 24.3 Å². The minimum absolute atomic E-state index is 0.0200. The highest BCUT2D eigenvalue weighted by Crippen LogP contribution is 2.20. The second-order valence-electron chi connectivity index (χ2n) is 4.66. The summed E-state index contributed by atoms with van der Waals surface area (Å²) in [5.41, 5.74) is 7.72. The van der Waals surface area contributed by atoms with Crippen molar-refractivity contribution in [2.45, 2.75) is 39.4 Å². The topological polar surface area (TPSA) is 58.4 Å². The van der Waals surface area contributed by atoms with Crippen molar-refractivity contribution in [3.63, 3.8) is 0 Å². The minimum atomic E-state index is -0.196. The van der Waals surface area contributed by atoms with E-state index in [9.17, 15) is 4.79 Å². The highest BCUT2D eigenvalue weighted by atomic mass is 16.2. The molecular formula is C14H23N3O. The highest BCUT2D eigenvalue weighted by Gasteiger charge is 2.22. The van der Waals surface area contributed by atoms with E-state index in [2.05, 4.69) is 24.1 Å². The van der Waals surface area contributed by atoms with Crippen molar-refractivity contribution in [2.75, 3.05) is 11.9 Å². The quantitative estimate of drug-likeness (QED) is 0.831. The van der Waals surface area contributed by atoms with E-state index in [1.54, 1.807) is 7.05 Å². The number of hydrogen-bond donors (Lipinski definition) is 2. The van der Waals surface area contributed by atoms with Gasteiger partial charge in [0.1, 0.15) is 6.04 Å². The molecule has 1 aromatic rings. The Labute approximate surface area is 109 Å². The van der Waals surface area contributed by atoms with Crippen molar-refractivity contribution in [2.24, 2.45) is 5.73 Å². The number of nitrogens with zero attached hydrogens (tertiary/aromatic N) is 1. The van der Waals surface area contributed by atoms with Gasteiger partial charge in [-0.15, -0.1) is 0 Å². The lowest BCUT2D eigenvalue weighted by molar-refractivity contribution is -0.121. The van der Waals surface area contributed by atoms with E-state index >= 15 is 0 Å². The average molecular weight is 249 g/mol. The van der Waals surface area contributed by atoms with E-state index in [0.29, 0.717) is 6.54 Å². The van der Waals surface area contributed by atoms with Crippen LogP contribution in [0, 0.1) is 0 Å². The molecule has 1 atom stereocenters. The summed E-state index contributed by atoms with van der Waals surface area (Å²) in [7, 11) is 1.66. The molecule has 1 amide bonds. The molecule has 1 unspecified atom stereocenters. The zero-order chi connectivity index (χ0) is 13.7. The summed E-state index contributed by atoms with van der Waals surface area (Å²) in [4.78, 5) is 13.9. The van der Waals surface area contributed by atoms with Crippen LogP contribution >= 0.6 is 0 Å². The van der Waals surface area contributed by atoms with Gasteiger partial charge >= 0.3 is 0 Å². The predicted molar refractivity (Wildman–Crippen MR) is 75.5 cm³/mol. The van der Waals surface area contributed by atoms with Crippen LogP contribution in [0.5, 0.6) is 0 Å². The van der Waals surface area contributed by atoms with Crippen LogP contribution in [-0.2, 0) is 11.3 Å². The molecule has 1 aromatic carbocycles. The van der Waals surface area contributed by atoms with E-state index < -0.39 is 0 Å². The summed E-state index contributed by atoms with van der Waals surface area (Å²) >= 11 is 0. The molecule has 0 heterocycles. The molecule has 0 aliphatic carbocycles. The Morgan fingerprint density at radius 3 is 2.22 bits per heavy atom. The summed E-state index contributed by atoms with van der Waals surface area (Å²) in [6, 6.07) is 8.09. The van der Waals surface area contributed by atoms with Crippen LogP contribution in [0.2, 0.25) is 0 Å². The number of nitrogens with one attached hydrogen (secondary N) is 1. The first-order chi connectivity index (χ1) is 8.51. The molecule has 0 bridgehead atoms. The van der Waals surface area contributed by atoms with Gasteiger partial charge in [0.25, 0.3) is 0 Å². The van der Waals surface area contributed by atoms with Crippen molar-refractivity contribution in [3.05, 3.63) is 29.8 Å². The predicted octanol–water partition coefficient (Wildman–Crippen LogP) is 1.49. The third-order valence-corrected chi connectivity index (χ3v) is 3.07. The minimum Gasteiger partial charge on any atom is -0.357 e. The van der Waals surface area contributed by atoms with Crippen molar-refractivity contribution < 1.29 is 4.79 Å².